The number of hydrogen-bond donors (Lipinski definition) is 1. The Morgan fingerprint density at radius 1 is 1.20 bits per heavy atom. The first kappa shape index (κ1) is 24.9. The van der Waals surface area contributed by atoms with Gasteiger partial charge in [-0.3, -0.25) is 19.5 Å². The van der Waals surface area contributed by atoms with Gasteiger partial charge in [-0.05, 0) is 62.6 Å². The molecule has 186 valence electrons. The van der Waals surface area contributed by atoms with E-state index in [-0.39, 0.29) is 17.4 Å². The van der Waals surface area contributed by atoms with Gasteiger partial charge in [0.2, 0.25) is 0 Å². The molecule has 2 aliphatic heterocycles. The first-order valence-corrected chi connectivity index (χ1v) is 12.1. The first-order chi connectivity index (χ1) is 16.9. The van der Waals surface area contributed by atoms with E-state index in [1.807, 2.05) is 26.8 Å². The molecule has 1 unspecified atom stereocenters. The molecule has 1 N–H and O–H groups in total. The number of aliphatic hydroxyl groups is 1. The van der Waals surface area contributed by atoms with E-state index in [1.165, 1.54) is 0 Å². The van der Waals surface area contributed by atoms with Crippen LogP contribution in [-0.2, 0) is 14.3 Å². The first-order valence-electron chi connectivity index (χ1n) is 12.1. The molecule has 2 aliphatic rings. The van der Waals surface area contributed by atoms with E-state index in [0.29, 0.717) is 43.1 Å². The van der Waals surface area contributed by atoms with Crippen LogP contribution in [0.5, 0.6) is 5.75 Å². The van der Waals surface area contributed by atoms with Crippen LogP contribution in [0.15, 0.2) is 48.3 Å². The minimum Gasteiger partial charge on any atom is -0.507 e. The molecule has 1 aromatic heterocycles. The van der Waals surface area contributed by atoms with Crippen molar-refractivity contribution in [3.63, 3.8) is 0 Å². The zero-order valence-electron chi connectivity index (χ0n) is 20.6. The highest BCUT2D eigenvalue weighted by molar-refractivity contribution is 6.46. The van der Waals surface area contributed by atoms with Crippen LogP contribution in [0.4, 0.5) is 0 Å². The van der Waals surface area contributed by atoms with Crippen LogP contribution >= 0.6 is 0 Å². The van der Waals surface area contributed by atoms with Crippen molar-refractivity contribution in [1.29, 1.82) is 0 Å². The molecule has 1 amide bonds. The number of hydrogen-bond acceptors (Lipinski definition) is 7. The van der Waals surface area contributed by atoms with Crippen LogP contribution in [0.2, 0.25) is 0 Å². The zero-order valence-corrected chi connectivity index (χ0v) is 20.6. The molecule has 8 heteroatoms. The van der Waals surface area contributed by atoms with Crippen LogP contribution in [-0.4, -0.2) is 77.1 Å². The molecule has 0 bridgehead atoms. The van der Waals surface area contributed by atoms with Gasteiger partial charge in [-0.2, -0.15) is 0 Å². The Labute approximate surface area is 206 Å². The third-order valence-electron chi connectivity index (χ3n) is 6.33. The van der Waals surface area contributed by atoms with Gasteiger partial charge in [0.15, 0.2) is 0 Å². The molecule has 1 atom stereocenters. The molecule has 8 nitrogen and oxygen atoms in total. The molecule has 2 fully saturated rings. The Bertz CT molecular complexity index is 1090. The maximum atomic E-state index is 13.2. The number of Topliss-reactive ketones (excluding diaryl/α,β-unsaturated/α-hetero) is 1. The number of ketones is 1. The third kappa shape index (κ3) is 5.55. The van der Waals surface area contributed by atoms with E-state index in [2.05, 4.69) is 9.88 Å². The Morgan fingerprint density at radius 3 is 2.63 bits per heavy atom. The van der Waals surface area contributed by atoms with Crippen molar-refractivity contribution in [1.82, 2.24) is 14.8 Å². The average Bonchev–Trinajstić information content (AvgIpc) is 3.11. The maximum Gasteiger partial charge on any atom is 0.295 e. The van der Waals surface area contributed by atoms with Crippen LogP contribution in [0.25, 0.3) is 5.76 Å². The minimum atomic E-state index is -0.694. The lowest BCUT2D eigenvalue weighted by molar-refractivity contribution is -0.140. The summed E-state index contributed by atoms with van der Waals surface area (Å²) in [5.41, 5.74) is 2.08. The number of aliphatic hydroxyl groups excluding tert-OH is 1. The molecule has 0 aliphatic carbocycles. The lowest BCUT2D eigenvalue weighted by Crippen LogP contribution is -2.39. The molecule has 3 heterocycles. The van der Waals surface area contributed by atoms with Crippen molar-refractivity contribution in [3.05, 3.63) is 65.0 Å². The minimum absolute atomic E-state index is 0.0153. The van der Waals surface area contributed by atoms with Crippen molar-refractivity contribution < 1.29 is 24.2 Å². The highest BCUT2D eigenvalue weighted by atomic mass is 16.5. The topological polar surface area (TPSA) is 92.2 Å². The third-order valence-corrected chi connectivity index (χ3v) is 6.33. The van der Waals surface area contributed by atoms with E-state index in [1.54, 1.807) is 41.6 Å². The molecule has 0 saturated carbocycles. The number of carbonyl (C=O) groups excluding carboxylic acids is 2. The zero-order chi connectivity index (χ0) is 24.9. The monoisotopic (exact) mass is 479 g/mol. The molecule has 2 aromatic rings. The van der Waals surface area contributed by atoms with E-state index in [4.69, 9.17) is 9.47 Å². The van der Waals surface area contributed by atoms with Crippen molar-refractivity contribution in [3.8, 4) is 5.75 Å². The van der Waals surface area contributed by atoms with Crippen LogP contribution in [0, 0.1) is 6.92 Å². The molecule has 2 saturated heterocycles. The van der Waals surface area contributed by atoms with E-state index in [9.17, 15) is 14.7 Å². The fourth-order valence-corrected chi connectivity index (χ4v) is 4.62. The van der Waals surface area contributed by atoms with Gasteiger partial charge in [-0.1, -0.05) is 6.07 Å². The van der Waals surface area contributed by atoms with Gasteiger partial charge in [-0.25, -0.2) is 0 Å². The van der Waals surface area contributed by atoms with Gasteiger partial charge in [0, 0.05) is 44.1 Å². The van der Waals surface area contributed by atoms with Gasteiger partial charge in [0.1, 0.15) is 11.5 Å². The van der Waals surface area contributed by atoms with Crippen LogP contribution in [0.3, 0.4) is 0 Å². The van der Waals surface area contributed by atoms with E-state index < -0.39 is 17.7 Å². The van der Waals surface area contributed by atoms with Crippen molar-refractivity contribution in [2.24, 2.45) is 0 Å². The number of morpholine rings is 1. The van der Waals surface area contributed by atoms with Gasteiger partial charge >= 0.3 is 0 Å². The summed E-state index contributed by atoms with van der Waals surface area (Å²) >= 11 is 0. The number of carbonyl (C=O) groups is 2. The Balaban J connectivity index is 1.65. The fraction of sp³-hybridized carbons (Fsp3) is 0.444. The lowest BCUT2D eigenvalue weighted by atomic mass is 9.95. The van der Waals surface area contributed by atoms with E-state index >= 15 is 0 Å². The quantitative estimate of drug-likeness (QED) is 0.353. The molecule has 35 heavy (non-hydrogen) atoms. The van der Waals surface area contributed by atoms with Gasteiger partial charge < -0.3 is 19.5 Å². The number of benzene rings is 1. The smallest absolute Gasteiger partial charge is 0.295 e. The van der Waals surface area contributed by atoms with Crippen molar-refractivity contribution in [2.45, 2.75) is 39.3 Å². The standard InChI is InChI=1S/C27H33N3O5/c1-18(2)35-22-8-7-20(16-19(22)3)25(31)23-24(21-6-4-9-28-17-21)30(27(33)26(23)32)11-5-10-29-12-14-34-15-13-29/h4,6-9,16-18,24,31H,5,10-15H2,1-3H3/b25-23-. The van der Waals surface area contributed by atoms with Crippen LogP contribution < -0.4 is 4.74 Å². The van der Waals surface area contributed by atoms with E-state index in [0.717, 1.165) is 25.2 Å². The molecular formula is C27H33N3O5. The number of rotatable bonds is 8. The molecule has 1 aromatic carbocycles. The molecule has 0 spiro atoms. The summed E-state index contributed by atoms with van der Waals surface area (Å²) in [6.07, 6.45) is 4.01. The van der Waals surface area contributed by atoms with Gasteiger partial charge in [-0.15, -0.1) is 0 Å². The summed E-state index contributed by atoms with van der Waals surface area (Å²) in [5, 5.41) is 11.3. The summed E-state index contributed by atoms with van der Waals surface area (Å²) in [7, 11) is 0. The summed E-state index contributed by atoms with van der Waals surface area (Å²) in [6, 6.07) is 8.18. The fourth-order valence-electron chi connectivity index (χ4n) is 4.62. The van der Waals surface area contributed by atoms with Gasteiger partial charge in [0.25, 0.3) is 11.7 Å². The number of aryl methyl sites for hydroxylation is 1. The van der Waals surface area contributed by atoms with Crippen molar-refractivity contribution in [2.75, 3.05) is 39.4 Å². The normalized spacial score (nSPS) is 20.6. The average molecular weight is 480 g/mol. The SMILES string of the molecule is Cc1cc(/C(O)=C2/C(=O)C(=O)N(CCCN3CCOCC3)C2c2cccnc2)ccc1OC(C)C. The second-order valence-electron chi connectivity index (χ2n) is 9.23. The molecule has 4 rings (SSSR count). The summed E-state index contributed by atoms with van der Waals surface area (Å²) < 4.78 is 11.2. The summed E-state index contributed by atoms with van der Waals surface area (Å²) in [6.45, 7) is 10.1. The Kier molecular flexibility index (Phi) is 7.83. The number of likely N-dealkylation sites (tertiary alicyclic amines) is 1. The number of nitrogens with zero attached hydrogens (tertiary/aromatic N) is 3. The maximum absolute atomic E-state index is 13.2. The largest absolute Gasteiger partial charge is 0.507 e. The summed E-state index contributed by atoms with van der Waals surface area (Å²) in [4.78, 5) is 34.4. The lowest BCUT2D eigenvalue weighted by Gasteiger charge is -2.29. The van der Waals surface area contributed by atoms with Crippen LogP contribution in [0.1, 0.15) is 43.0 Å². The van der Waals surface area contributed by atoms with Crippen molar-refractivity contribution >= 4 is 17.4 Å². The number of aromatic nitrogens is 1. The number of amides is 1. The predicted octanol–water partition coefficient (Wildman–Crippen LogP) is 3.32. The second kappa shape index (κ2) is 11.0. The Morgan fingerprint density at radius 2 is 1.97 bits per heavy atom. The summed E-state index contributed by atoms with van der Waals surface area (Å²) in [5.74, 6) is -0.752. The number of pyridine rings is 1. The second-order valence-corrected chi connectivity index (χ2v) is 9.23. The molecular weight excluding hydrogens is 446 g/mol. The molecule has 0 radical (unpaired) electrons. The Hall–Kier alpha value is -3.23. The highest BCUT2D eigenvalue weighted by Gasteiger charge is 2.46. The predicted molar refractivity (Wildman–Crippen MR) is 132 cm³/mol. The number of ether oxygens (including phenoxy) is 2. The van der Waals surface area contributed by atoms with Gasteiger partial charge in [0.05, 0.1) is 30.9 Å². The highest BCUT2D eigenvalue weighted by Crippen LogP contribution is 2.39.